The largest absolute Gasteiger partial charge is 0.416 e. The third kappa shape index (κ3) is 3.37. The minimum Gasteiger partial charge on any atom is -0.342 e. The molecule has 0 aliphatic carbocycles. The zero-order valence-electron chi connectivity index (χ0n) is 12.0. The Morgan fingerprint density at radius 3 is 1.96 bits per heavy atom. The van der Waals surface area contributed by atoms with Gasteiger partial charge in [0.05, 0.1) is 22.2 Å². The highest BCUT2D eigenvalue weighted by atomic mass is 19.4. The standard InChI is InChI=1S/C16H10F6N2/c17-15(18,19)10-3-1-9(2-4-10)7-14-23-12-6-5-11(16(20,21)22)8-13(12)24-14/h1-6,8H,7H2,(H,23,24). The number of alkyl halides is 6. The quantitative estimate of drug-likeness (QED) is 0.637. The highest BCUT2D eigenvalue weighted by molar-refractivity contribution is 5.76. The lowest BCUT2D eigenvalue weighted by molar-refractivity contribution is -0.138. The van der Waals surface area contributed by atoms with Crippen molar-refractivity contribution in [2.24, 2.45) is 0 Å². The summed E-state index contributed by atoms with van der Waals surface area (Å²) in [6.07, 6.45) is -8.67. The van der Waals surface area contributed by atoms with Gasteiger partial charge in [-0.25, -0.2) is 4.98 Å². The van der Waals surface area contributed by atoms with Gasteiger partial charge in [0, 0.05) is 6.42 Å². The van der Waals surface area contributed by atoms with E-state index in [-0.39, 0.29) is 11.9 Å². The molecule has 1 heterocycles. The minimum absolute atomic E-state index is 0.189. The first-order valence-corrected chi connectivity index (χ1v) is 6.85. The fourth-order valence-electron chi connectivity index (χ4n) is 2.33. The average molecular weight is 344 g/mol. The number of hydrogen-bond acceptors (Lipinski definition) is 1. The summed E-state index contributed by atoms with van der Waals surface area (Å²) in [5.41, 5.74) is -0.389. The third-order valence-electron chi connectivity index (χ3n) is 3.51. The molecular formula is C16H10F6N2. The molecule has 0 aliphatic rings. The van der Waals surface area contributed by atoms with Crippen molar-refractivity contribution in [3.63, 3.8) is 0 Å². The molecule has 0 saturated heterocycles. The molecule has 8 heteroatoms. The third-order valence-corrected chi connectivity index (χ3v) is 3.51. The first-order valence-electron chi connectivity index (χ1n) is 6.85. The molecule has 2 nitrogen and oxygen atoms in total. The van der Waals surface area contributed by atoms with Crippen LogP contribution in [0.2, 0.25) is 0 Å². The fraction of sp³-hybridized carbons (Fsp3) is 0.188. The van der Waals surface area contributed by atoms with Crippen molar-refractivity contribution < 1.29 is 26.3 Å². The summed E-state index contributed by atoms with van der Waals surface area (Å²) >= 11 is 0. The molecule has 1 aromatic heterocycles. The maximum atomic E-state index is 12.7. The van der Waals surface area contributed by atoms with E-state index in [4.69, 9.17) is 0 Å². The van der Waals surface area contributed by atoms with Gasteiger partial charge in [0.25, 0.3) is 0 Å². The zero-order valence-corrected chi connectivity index (χ0v) is 12.0. The van der Waals surface area contributed by atoms with E-state index in [9.17, 15) is 26.3 Å². The van der Waals surface area contributed by atoms with Gasteiger partial charge >= 0.3 is 12.4 Å². The molecule has 0 aliphatic heterocycles. The number of rotatable bonds is 2. The van der Waals surface area contributed by atoms with Gasteiger partial charge < -0.3 is 4.98 Å². The van der Waals surface area contributed by atoms with Crippen LogP contribution in [0.1, 0.15) is 22.5 Å². The van der Waals surface area contributed by atoms with Gasteiger partial charge in [-0.2, -0.15) is 26.3 Å². The minimum atomic E-state index is -4.45. The van der Waals surface area contributed by atoms with Crippen LogP contribution in [0.4, 0.5) is 26.3 Å². The highest BCUT2D eigenvalue weighted by Gasteiger charge is 2.31. The molecule has 3 aromatic rings. The number of benzene rings is 2. The van der Waals surface area contributed by atoms with Crippen molar-refractivity contribution in [1.29, 1.82) is 0 Å². The molecule has 0 unspecified atom stereocenters. The smallest absolute Gasteiger partial charge is 0.342 e. The van der Waals surface area contributed by atoms with E-state index in [1.807, 2.05) is 0 Å². The first-order chi connectivity index (χ1) is 11.1. The summed E-state index contributed by atoms with van der Waals surface area (Å²) in [7, 11) is 0. The van der Waals surface area contributed by atoms with Crippen molar-refractivity contribution in [2.45, 2.75) is 18.8 Å². The second-order valence-electron chi connectivity index (χ2n) is 5.28. The predicted molar refractivity (Wildman–Crippen MR) is 75.3 cm³/mol. The average Bonchev–Trinajstić information content (AvgIpc) is 2.87. The monoisotopic (exact) mass is 344 g/mol. The number of hydrogen-bond donors (Lipinski definition) is 1. The van der Waals surface area contributed by atoms with Gasteiger partial charge in [-0.05, 0) is 35.9 Å². The highest BCUT2D eigenvalue weighted by Crippen LogP contribution is 2.31. The maximum absolute atomic E-state index is 12.7. The second-order valence-corrected chi connectivity index (χ2v) is 5.28. The summed E-state index contributed by atoms with van der Waals surface area (Å²) in [5, 5.41) is 0. The Labute approximate surface area is 132 Å². The topological polar surface area (TPSA) is 28.7 Å². The lowest BCUT2D eigenvalue weighted by Crippen LogP contribution is -2.04. The Morgan fingerprint density at radius 2 is 1.38 bits per heavy atom. The van der Waals surface area contributed by atoms with E-state index in [0.717, 1.165) is 24.3 Å². The van der Waals surface area contributed by atoms with Crippen LogP contribution in [0, 0.1) is 0 Å². The molecule has 0 saturated carbocycles. The van der Waals surface area contributed by atoms with Crippen LogP contribution in [0.15, 0.2) is 42.5 Å². The molecule has 126 valence electrons. The van der Waals surface area contributed by atoms with Crippen LogP contribution in [-0.4, -0.2) is 9.97 Å². The molecule has 1 N–H and O–H groups in total. The van der Waals surface area contributed by atoms with Crippen LogP contribution in [0.3, 0.4) is 0 Å². The lowest BCUT2D eigenvalue weighted by Gasteiger charge is -2.06. The Morgan fingerprint density at radius 1 is 0.792 bits per heavy atom. The molecule has 0 radical (unpaired) electrons. The number of fused-ring (bicyclic) bond motifs is 1. The molecule has 24 heavy (non-hydrogen) atoms. The maximum Gasteiger partial charge on any atom is 0.416 e. The summed E-state index contributed by atoms with van der Waals surface area (Å²) in [4.78, 5) is 6.93. The normalized spacial score (nSPS) is 12.8. The SMILES string of the molecule is FC(F)(F)c1ccc(Cc2nc3ccc(C(F)(F)F)cc3[nH]2)cc1. The number of aromatic nitrogens is 2. The van der Waals surface area contributed by atoms with E-state index in [1.165, 1.54) is 18.2 Å². The van der Waals surface area contributed by atoms with E-state index in [0.29, 0.717) is 16.9 Å². The molecule has 0 atom stereocenters. The fourth-order valence-corrected chi connectivity index (χ4v) is 2.33. The van der Waals surface area contributed by atoms with Crippen molar-refractivity contribution in [2.75, 3.05) is 0 Å². The van der Waals surface area contributed by atoms with Crippen LogP contribution in [-0.2, 0) is 18.8 Å². The lowest BCUT2D eigenvalue weighted by atomic mass is 10.1. The van der Waals surface area contributed by atoms with Crippen molar-refractivity contribution in [3.05, 3.63) is 65.0 Å². The Kier molecular flexibility index (Phi) is 3.77. The van der Waals surface area contributed by atoms with Gasteiger partial charge in [-0.3, -0.25) is 0 Å². The molecule has 2 aromatic carbocycles. The predicted octanol–water partition coefficient (Wildman–Crippen LogP) is 5.19. The number of imidazole rings is 1. The van der Waals surface area contributed by atoms with Crippen LogP contribution >= 0.6 is 0 Å². The van der Waals surface area contributed by atoms with Crippen molar-refractivity contribution in [1.82, 2.24) is 9.97 Å². The Balaban J connectivity index is 1.85. The van der Waals surface area contributed by atoms with Crippen LogP contribution < -0.4 is 0 Å². The van der Waals surface area contributed by atoms with Crippen LogP contribution in [0.5, 0.6) is 0 Å². The van der Waals surface area contributed by atoms with Crippen LogP contribution in [0.25, 0.3) is 11.0 Å². The molecule has 0 spiro atoms. The van der Waals surface area contributed by atoms with Gasteiger partial charge in [-0.1, -0.05) is 12.1 Å². The number of nitrogens with zero attached hydrogens (tertiary/aromatic N) is 1. The van der Waals surface area contributed by atoms with E-state index in [2.05, 4.69) is 9.97 Å². The van der Waals surface area contributed by atoms with Gasteiger partial charge in [-0.15, -0.1) is 0 Å². The zero-order chi connectivity index (χ0) is 17.5. The van der Waals surface area contributed by atoms with E-state index in [1.54, 1.807) is 0 Å². The van der Waals surface area contributed by atoms with Crippen molar-refractivity contribution >= 4 is 11.0 Å². The van der Waals surface area contributed by atoms with E-state index < -0.39 is 23.5 Å². The molecule has 0 amide bonds. The van der Waals surface area contributed by atoms with Gasteiger partial charge in [0.1, 0.15) is 5.82 Å². The Hall–Kier alpha value is -2.51. The van der Waals surface area contributed by atoms with Crippen molar-refractivity contribution in [3.8, 4) is 0 Å². The van der Waals surface area contributed by atoms with Gasteiger partial charge in [0.2, 0.25) is 0 Å². The summed E-state index contributed by atoms with van der Waals surface area (Å²) in [5.74, 6) is 0.379. The first kappa shape index (κ1) is 16.4. The number of nitrogens with one attached hydrogen (secondary N) is 1. The molecule has 0 fully saturated rings. The number of aromatic amines is 1. The van der Waals surface area contributed by atoms with E-state index >= 15 is 0 Å². The Bertz CT molecular complexity index is 859. The summed E-state index contributed by atoms with van der Waals surface area (Å²) < 4.78 is 75.6. The second kappa shape index (κ2) is 5.54. The molecule has 3 rings (SSSR count). The number of H-pyrrole nitrogens is 1. The van der Waals surface area contributed by atoms with Gasteiger partial charge in [0.15, 0.2) is 0 Å². The molecule has 0 bridgehead atoms. The molecular weight excluding hydrogens is 334 g/mol. The summed E-state index contributed by atoms with van der Waals surface area (Å²) in [6.45, 7) is 0. The number of halogens is 6. The summed E-state index contributed by atoms with van der Waals surface area (Å²) in [6, 6.07) is 7.70.